The molecule has 0 atom stereocenters. The van der Waals surface area contributed by atoms with Gasteiger partial charge in [-0.1, -0.05) is 36.4 Å². The fourth-order valence-electron chi connectivity index (χ4n) is 3.88. The molecule has 1 aliphatic rings. The predicted octanol–water partition coefficient (Wildman–Crippen LogP) is 3.00. The van der Waals surface area contributed by atoms with Gasteiger partial charge in [0.2, 0.25) is 0 Å². The third-order valence-electron chi connectivity index (χ3n) is 5.78. The van der Waals surface area contributed by atoms with E-state index in [-0.39, 0.29) is 11.7 Å². The van der Waals surface area contributed by atoms with Gasteiger partial charge in [-0.25, -0.2) is 9.07 Å². The lowest BCUT2D eigenvalue weighted by atomic mass is 10.1. The minimum atomic E-state index is -0.377. The monoisotopic (exact) mass is 421 g/mol. The van der Waals surface area contributed by atoms with Crippen LogP contribution in [0.2, 0.25) is 0 Å². The van der Waals surface area contributed by atoms with Gasteiger partial charge in [-0.15, -0.1) is 0 Å². The minimum Gasteiger partial charge on any atom is -0.348 e. The molecule has 1 saturated heterocycles. The fourth-order valence-corrected chi connectivity index (χ4v) is 3.88. The van der Waals surface area contributed by atoms with Crippen molar-refractivity contribution in [2.24, 2.45) is 0 Å². The number of piperazine rings is 1. The van der Waals surface area contributed by atoms with Gasteiger partial charge >= 0.3 is 0 Å². The summed E-state index contributed by atoms with van der Waals surface area (Å²) < 4.78 is 15.6. The number of benzene rings is 2. The summed E-state index contributed by atoms with van der Waals surface area (Å²) in [6.45, 7) is 7.45. The Hall–Kier alpha value is -3.03. The van der Waals surface area contributed by atoms with Crippen LogP contribution in [0.5, 0.6) is 0 Å². The second kappa shape index (κ2) is 9.41. The first-order chi connectivity index (χ1) is 15.0. The molecule has 1 N–H and O–H groups in total. The van der Waals surface area contributed by atoms with Crippen LogP contribution in [-0.4, -0.2) is 58.7 Å². The van der Waals surface area contributed by atoms with E-state index < -0.39 is 0 Å². The van der Waals surface area contributed by atoms with Crippen LogP contribution in [0.15, 0.2) is 54.7 Å². The highest BCUT2D eigenvalue weighted by molar-refractivity contribution is 5.95. The quantitative estimate of drug-likeness (QED) is 0.665. The van der Waals surface area contributed by atoms with Crippen molar-refractivity contribution >= 4 is 5.91 Å². The Balaban J connectivity index is 1.39. The summed E-state index contributed by atoms with van der Waals surface area (Å²) in [5.41, 5.74) is 3.68. The molecule has 1 aromatic heterocycles. The number of carbonyl (C=O) groups is 1. The lowest BCUT2D eigenvalue weighted by molar-refractivity contribution is 0.0950. The van der Waals surface area contributed by atoms with Gasteiger partial charge in [-0.05, 0) is 37.2 Å². The molecule has 0 bridgehead atoms. The molecule has 1 amide bonds. The molecule has 2 heterocycles. The summed E-state index contributed by atoms with van der Waals surface area (Å²) in [4.78, 5) is 17.5. The highest BCUT2D eigenvalue weighted by atomic mass is 19.1. The fraction of sp³-hybridized carbons (Fsp3) is 0.333. The summed E-state index contributed by atoms with van der Waals surface area (Å²) in [5, 5.41) is 7.18. The first-order valence-electron chi connectivity index (χ1n) is 10.6. The molecule has 0 spiro atoms. The molecule has 7 heteroatoms. The van der Waals surface area contributed by atoms with Gasteiger partial charge in [0, 0.05) is 39.3 Å². The van der Waals surface area contributed by atoms with Crippen molar-refractivity contribution in [1.82, 2.24) is 24.9 Å². The van der Waals surface area contributed by atoms with Crippen molar-refractivity contribution in [3.63, 3.8) is 0 Å². The van der Waals surface area contributed by atoms with Crippen LogP contribution < -0.4 is 5.32 Å². The van der Waals surface area contributed by atoms with Gasteiger partial charge in [0.05, 0.1) is 17.5 Å². The number of para-hydroxylation sites is 1. The largest absolute Gasteiger partial charge is 0.348 e. The summed E-state index contributed by atoms with van der Waals surface area (Å²) >= 11 is 0. The SMILES string of the molecule is Cc1c(C(=O)NCc2cccc(CN3CCN(C)CC3)c2)cnn1-c1ccccc1F. The van der Waals surface area contributed by atoms with Crippen molar-refractivity contribution in [1.29, 1.82) is 0 Å². The molecule has 1 aliphatic heterocycles. The van der Waals surface area contributed by atoms with Crippen LogP contribution in [0.3, 0.4) is 0 Å². The number of halogens is 1. The van der Waals surface area contributed by atoms with E-state index >= 15 is 0 Å². The number of nitrogens with zero attached hydrogens (tertiary/aromatic N) is 4. The number of amides is 1. The molecule has 3 aromatic rings. The van der Waals surface area contributed by atoms with Crippen molar-refractivity contribution in [3.05, 3.63) is 82.9 Å². The smallest absolute Gasteiger partial charge is 0.255 e. The molecule has 31 heavy (non-hydrogen) atoms. The molecule has 0 unspecified atom stereocenters. The third kappa shape index (κ3) is 5.00. The normalized spacial score (nSPS) is 15.2. The average molecular weight is 422 g/mol. The first-order valence-corrected chi connectivity index (χ1v) is 10.6. The van der Waals surface area contributed by atoms with E-state index in [2.05, 4.69) is 39.4 Å². The van der Waals surface area contributed by atoms with E-state index in [1.54, 1.807) is 25.1 Å². The lowest BCUT2D eigenvalue weighted by Gasteiger charge is -2.32. The summed E-state index contributed by atoms with van der Waals surface area (Å²) in [7, 11) is 2.16. The van der Waals surface area contributed by atoms with Gasteiger partial charge in [-0.3, -0.25) is 9.69 Å². The van der Waals surface area contributed by atoms with E-state index in [9.17, 15) is 9.18 Å². The Kier molecular flexibility index (Phi) is 6.44. The van der Waals surface area contributed by atoms with Crippen molar-refractivity contribution in [3.8, 4) is 5.69 Å². The number of hydrogen-bond donors (Lipinski definition) is 1. The highest BCUT2D eigenvalue weighted by Crippen LogP contribution is 2.17. The minimum absolute atomic E-state index is 0.218. The first kappa shape index (κ1) is 21.2. The topological polar surface area (TPSA) is 53.4 Å². The van der Waals surface area contributed by atoms with Crippen molar-refractivity contribution in [2.45, 2.75) is 20.0 Å². The Morgan fingerprint density at radius 3 is 2.58 bits per heavy atom. The van der Waals surface area contributed by atoms with E-state index in [0.29, 0.717) is 23.5 Å². The van der Waals surface area contributed by atoms with Gasteiger partial charge < -0.3 is 10.2 Å². The Morgan fingerprint density at radius 2 is 1.81 bits per heavy atom. The Morgan fingerprint density at radius 1 is 1.06 bits per heavy atom. The molecular formula is C24H28FN5O. The van der Waals surface area contributed by atoms with Crippen LogP contribution in [0, 0.1) is 12.7 Å². The van der Waals surface area contributed by atoms with Crippen LogP contribution in [0.4, 0.5) is 4.39 Å². The lowest BCUT2D eigenvalue weighted by Crippen LogP contribution is -2.43. The zero-order chi connectivity index (χ0) is 21.8. The molecule has 6 nitrogen and oxygen atoms in total. The zero-order valence-electron chi connectivity index (χ0n) is 18.0. The van der Waals surface area contributed by atoms with Crippen molar-refractivity contribution < 1.29 is 9.18 Å². The number of hydrogen-bond acceptors (Lipinski definition) is 4. The van der Waals surface area contributed by atoms with Crippen LogP contribution >= 0.6 is 0 Å². The standard InChI is InChI=1S/C24H28FN5O/c1-18-21(16-27-30(18)23-9-4-3-8-22(23)25)24(31)26-15-19-6-5-7-20(14-19)17-29-12-10-28(2)11-13-29/h3-9,14,16H,10-13,15,17H2,1-2H3,(H,26,31). The van der Waals surface area contributed by atoms with Gasteiger partial charge in [0.15, 0.2) is 0 Å². The van der Waals surface area contributed by atoms with Crippen LogP contribution in [0.25, 0.3) is 5.69 Å². The second-order valence-corrected chi connectivity index (χ2v) is 8.09. The third-order valence-corrected chi connectivity index (χ3v) is 5.78. The average Bonchev–Trinajstić information content (AvgIpc) is 3.15. The molecule has 0 aliphatic carbocycles. The number of nitrogens with one attached hydrogen (secondary N) is 1. The number of likely N-dealkylation sites (N-methyl/N-ethyl adjacent to an activating group) is 1. The summed E-state index contributed by atoms with van der Waals surface area (Å²) in [6.07, 6.45) is 1.49. The molecular weight excluding hydrogens is 393 g/mol. The maximum Gasteiger partial charge on any atom is 0.255 e. The Labute approximate surface area is 182 Å². The zero-order valence-corrected chi connectivity index (χ0v) is 18.0. The van der Waals surface area contributed by atoms with Crippen LogP contribution in [-0.2, 0) is 13.1 Å². The van der Waals surface area contributed by atoms with E-state index in [1.807, 2.05) is 12.1 Å². The summed E-state index contributed by atoms with van der Waals surface area (Å²) in [5.74, 6) is -0.595. The highest BCUT2D eigenvalue weighted by Gasteiger charge is 2.17. The molecule has 4 rings (SSSR count). The molecule has 2 aromatic carbocycles. The van der Waals surface area contributed by atoms with Gasteiger partial charge in [0.1, 0.15) is 11.5 Å². The van der Waals surface area contributed by atoms with Gasteiger partial charge in [0.25, 0.3) is 5.91 Å². The number of aromatic nitrogens is 2. The number of carbonyl (C=O) groups excluding carboxylic acids is 1. The number of rotatable bonds is 6. The Bertz CT molecular complexity index is 1060. The molecule has 0 saturated carbocycles. The van der Waals surface area contributed by atoms with Gasteiger partial charge in [-0.2, -0.15) is 5.10 Å². The van der Waals surface area contributed by atoms with E-state index in [0.717, 1.165) is 38.3 Å². The van der Waals surface area contributed by atoms with Crippen molar-refractivity contribution in [2.75, 3.05) is 33.2 Å². The molecule has 162 valence electrons. The van der Waals surface area contributed by atoms with E-state index in [1.165, 1.54) is 22.5 Å². The van der Waals surface area contributed by atoms with E-state index in [4.69, 9.17) is 0 Å². The molecule has 0 radical (unpaired) electrons. The second-order valence-electron chi connectivity index (χ2n) is 8.09. The summed E-state index contributed by atoms with van der Waals surface area (Å²) in [6, 6.07) is 14.7. The predicted molar refractivity (Wildman–Crippen MR) is 119 cm³/mol. The van der Waals surface area contributed by atoms with Crippen LogP contribution in [0.1, 0.15) is 27.2 Å². The molecule has 1 fully saturated rings. The maximum absolute atomic E-state index is 14.1. The maximum atomic E-state index is 14.1.